The first kappa shape index (κ1) is 26.0. The van der Waals surface area contributed by atoms with Crippen LogP contribution < -0.4 is 10.6 Å². The van der Waals surface area contributed by atoms with Crippen LogP contribution in [0.4, 0.5) is 18.9 Å². The molecule has 0 saturated heterocycles. The van der Waals surface area contributed by atoms with Crippen molar-refractivity contribution >= 4 is 46.6 Å². The number of amides is 3. The summed E-state index contributed by atoms with van der Waals surface area (Å²) >= 11 is 11.8. The Labute approximate surface area is 215 Å². The highest BCUT2D eigenvalue weighted by atomic mass is 35.5. The maximum absolute atomic E-state index is 13.0. The van der Waals surface area contributed by atoms with Gasteiger partial charge in [0.15, 0.2) is 0 Å². The zero-order chi connectivity index (χ0) is 26.0. The molecule has 1 heterocycles. The molecule has 2 aromatic rings. The molecular weight excluding hydrogens is 518 g/mol. The molecule has 1 aliphatic carbocycles. The van der Waals surface area contributed by atoms with E-state index in [4.69, 9.17) is 23.2 Å². The second-order valence-corrected chi connectivity index (χ2v) is 9.44. The van der Waals surface area contributed by atoms with Crippen molar-refractivity contribution in [3.63, 3.8) is 0 Å². The van der Waals surface area contributed by atoms with Crippen LogP contribution in [0.25, 0.3) is 0 Å². The van der Waals surface area contributed by atoms with Crippen molar-refractivity contribution < 1.29 is 27.6 Å². The van der Waals surface area contributed by atoms with Gasteiger partial charge in [-0.1, -0.05) is 54.6 Å². The summed E-state index contributed by atoms with van der Waals surface area (Å²) in [4.78, 5) is 39.1. The number of alkyl halides is 3. The van der Waals surface area contributed by atoms with Crippen molar-refractivity contribution in [2.45, 2.75) is 50.9 Å². The molecule has 0 aromatic heterocycles. The molecule has 190 valence electrons. The summed E-state index contributed by atoms with van der Waals surface area (Å²) in [5, 5.41) is 4.75. The van der Waals surface area contributed by atoms with E-state index in [1.807, 2.05) is 0 Å². The van der Waals surface area contributed by atoms with Crippen LogP contribution in [0, 0.1) is 0 Å². The Bertz CT molecular complexity index is 1220. The van der Waals surface area contributed by atoms with Gasteiger partial charge in [0.25, 0.3) is 17.7 Å². The summed E-state index contributed by atoms with van der Waals surface area (Å²) in [6.07, 6.45) is -0.101. The highest BCUT2D eigenvalue weighted by molar-refractivity contribution is 6.47. The standard InChI is InChI=1S/C25H22Cl2F3N3O3/c26-19-11-10-16(12-18(19)25(28,29)30)32-22(34)15-8-6-14(7-9-15)13-31-21-20(27)23(35)33(24(21)36)17-4-2-1-3-5-17/h6-12,17,31H,1-5,13H2,(H,32,34). The smallest absolute Gasteiger partial charge is 0.375 e. The monoisotopic (exact) mass is 539 g/mol. The number of hydrogen-bond donors (Lipinski definition) is 2. The molecule has 0 unspecified atom stereocenters. The Morgan fingerprint density at radius 3 is 2.28 bits per heavy atom. The van der Waals surface area contributed by atoms with E-state index in [0.717, 1.165) is 44.2 Å². The third kappa shape index (κ3) is 5.52. The minimum atomic E-state index is -4.65. The van der Waals surface area contributed by atoms with Crippen molar-refractivity contribution in [1.82, 2.24) is 10.2 Å². The number of nitrogens with zero attached hydrogens (tertiary/aromatic N) is 1. The minimum Gasteiger partial charge on any atom is -0.375 e. The van der Waals surface area contributed by atoms with Crippen LogP contribution in [0.2, 0.25) is 5.02 Å². The first-order valence-corrected chi connectivity index (χ1v) is 12.1. The molecule has 11 heteroatoms. The van der Waals surface area contributed by atoms with Crippen molar-refractivity contribution in [1.29, 1.82) is 0 Å². The Morgan fingerprint density at radius 1 is 0.972 bits per heavy atom. The Kier molecular flexibility index (Phi) is 7.61. The Balaban J connectivity index is 1.38. The van der Waals surface area contributed by atoms with Gasteiger partial charge in [-0.2, -0.15) is 13.2 Å². The largest absolute Gasteiger partial charge is 0.417 e. The lowest BCUT2D eigenvalue weighted by Gasteiger charge is -2.29. The molecule has 0 atom stereocenters. The second-order valence-electron chi connectivity index (χ2n) is 8.66. The number of carbonyl (C=O) groups excluding carboxylic acids is 3. The minimum absolute atomic E-state index is 0.0454. The van der Waals surface area contributed by atoms with Gasteiger partial charge in [0.2, 0.25) is 0 Å². The number of carbonyl (C=O) groups is 3. The molecule has 1 fully saturated rings. The summed E-state index contributed by atoms with van der Waals surface area (Å²) in [7, 11) is 0. The number of imide groups is 1. The van der Waals surface area contributed by atoms with E-state index in [1.54, 1.807) is 12.1 Å². The number of anilines is 1. The maximum atomic E-state index is 13.0. The summed E-state index contributed by atoms with van der Waals surface area (Å²) in [6.45, 7) is 0.178. The SMILES string of the molecule is O=C(Nc1ccc(Cl)c(C(F)(F)F)c1)c1ccc(CNC2=C(Cl)C(=O)N(C3CCCCC3)C2=O)cc1. The van der Waals surface area contributed by atoms with E-state index in [0.29, 0.717) is 5.56 Å². The third-order valence-corrected chi connectivity index (χ3v) is 6.89. The molecule has 4 rings (SSSR count). The van der Waals surface area contributed by atoms with Crippen LogP contribution in [0.3, 0.4) is 0 Å². The molecular formula is C25H22Cl2F3N3O3. The van der Waals surface area contributed by atoms with E-state index >= 15 is 0 Å². The molecule has 6 nitrogen and oxygen atoms in total. The fraction of sp³-hybridized carbons (Fsp3) is 0.320. The summed E-state index contributed by atoms with van der Waals surface area (Å²) in [5.74, 6) is -1.52. The predicted octanol–water partition coefficient (Wildman–Crippen LogP) is 5.85. The van der Waals surface area contributed by atoms with E-state index in [1.165, 1.54) is 23.1 Å². The quantitative estimate of drug-likeness (QED) is 0.451. The number of rotatable bonds is 6. The van der Waals surface area contributed by atoms with Gasteiger partial charge in [-0.15, -0.1) is 0 Å². The van der Waals surface area contributed by atoms with Crippen molar-refractivity contribution in [3.8, 4) is 0 Å². The molecule has 0 spiro atoms. The Morgan fingerprint density at radius 2 is 1.64 bits per heavy atom. The number of benzene rings is 2. The molecule has 1 aliphatic heterocycles. The van der Waals surface area contributed by atoms with E-state index in [2.05, 4.69) is 10.6 Å². The van der Waals surface area contributed by atoms with Crippen molar-refractivity contribution in [2.24, 2.45) is 0 Å². The molecule has 3 amide bonds. The predicted molar refractivity (Wildman–Crippen MR) is 129 cm³/mol. The zero-order valence-electron chi connectivity index (χ0n) is 18.9. The van der Waals surface area contributed by atoms with Crippen LogP contribution in [-0.2, 0) is 22.3 Å². The van der Waals surface area contributed by atoms with Gasteiger partial charge in [-0.25, -0.2) is 0 Å². The molecule has 2 aromatic carbocycles. The van der Waals surface area contributed by atoms with E-state index < -0.39 is 34.5 Å². The zero-order valence-corrected chi connectivity index (χ0v) is 20.4. The van der Waals surface area contributed by atoms with E-state index in [-0.39, 0.29) is 34.6 Å². The van der Waals surface area contributed by atoms with Gasteiger partial charge in [0.05, 0.1) is 10.6 Å². The van der Waals surface area contributed by atoms with Gasteiger partial charge >= 0.3 is 6.18 Å². The highest BCUT2D eigenvalue weighted by Gasteiger charge is 2.41. The summed E-state index contributed by atoms with van der Waals surface area (Å²) in [5.41, 5.74) is -0.118. The lowest BCUT2D eigenvalue weighted by Crippen LogP contribution is -2.43. The molecule has 1 saturated carbocycles. The Hall–Kier alpha value is -3.04. The van der Waals surface area contributed by atoms with Gasteiger partial charge in [-0.3, -0.25) is 19.3 Å². The highest BCUT2D eigenvalue weighted by Crippen LogP contribution is 2.36. The van der Waals surface area contributed by atoms with Crippen molar-refractivity contribution in [2.75, 3.05) is 5.32 Å². The fourth-order valence-corrected chi connectivity index (χ4v) is 4.79. The number of halogens is 5. The summed E-state index contributed by atoms with van der Waals surface area (Å²) in [6, 6.07) is 9.22. The molecule has 2 aliphatic rings. The van der Waals surface area contributed by atoms with E-state index in [9.17, 15) is 27.6 Å². The van der Waals surface area contributed by atoms with Crippen LogP contribution in [0.5, 0.6) is 0 Å². The lowest BCUT2D eigenvalue weighted by atomic mass is 9.94. The van der Waals surface area contributed by atoms with Crippen LogP contribution >= 0.6 is 23.2 Å². The molecule has 2 N–H and O–H groups in total. The first-order chi connectivity index (χ1) is 17.1. The van der Waals surface area contributed by atoms with Gasteiger partial charge in [0.1, 0.15) is 10.7 Å². The summed E-state index contributed by atoms with van der Waals surface area (Å²) < 4.78 is 39.1. The van der Waals surface area contributed by atoms with Crippen LogP contribution in [-0.4, -0.2) is 28.7 Å². The number of nitrogens with one attached hydrogen (secondary N) is 2. The average Bonchev–Trinajstić information content (AvgIpc) is 3.06. The number of hydrogen-bond acceptors (Lipinski definition) is 4. The first-order valence-electron chi connectivity index (χ1n) is 11.3. The van der Waals surface area contributed by atoms with Crippen LogP contribution in [0.15, 0.2) is 53.2 Å². The molecule has 36 heavy (non-hydrogen) atoms. The normalized spacial score (nSPS) is 17.1. The van der Waals surface area contributed by atoms with Gasteiger partial charge < -0.3 is 10.6 Å². The van der Waals surface area contributed by atoms with Gasteiger partial charge in [0, 0.05) is 23.8 Å². The third-order valence-electron chi connectivity index (χ3n) is 6.21. The maximum Gasteiger partial charge on any atom is 0.417 e. The van der Waals surface area contributed by atoms with Crippen molar-refractivity contribution in [3.05, 3.63) is 74.9 Å². The topological polar surface area (TPSA) is 78.5 Å². The molecule has 0 radical (unpaired) electrons. The average molecular weight is 540 g/mol. The lowest BCUT2D eigenvalue weighted by molar-refractivity contribution is -0.141. The fourth-order valence-electron chi connectivity index (χ4n) is 4.33. The second kappa shape index (κ2) is 10.5. The molecule has 0 bridgehead atoms. The van der Waals surface area contributed by atoms with Gasteiger partial charge in [-0.05, 0) is 48.7 Å². The van der Waals surface area contributed by atoms with Crippen LogP contribution in [0.1, 0.15) is 53.6 Å².